The van der Waals surface area contributed by atoms with E-state index in [1.54, 1.807) is 26.0 Å². The highest BCUT2D eigenvalue weighted by Crippen LogP contribution is 2.46. The average Bonchev–Trinajstić information content (AvgIpc) is 3.18. The van der Waals surface area contributed by atoms with E-state index in [0.29, 0.717) is 0 Å². The molecule has 35 heavy (non-hydrogen) atoms. The van der Waals surface area contributed by atoms with Crippen molar-refractivity contribution in [2.24, 2.45) is 0 Å². The summed E-state index contributed by atoms with van der Waals surface area (Å²) >= 11 is 0. The van der Waals surface area contributed by atoms with Gasteiger partial charge in [0.15, 0.2) is 0 Å². The van der Waals surface area contributed by atoms with Gasteiger partial charge in [0.25, 0.3) is 11.8 Å². The van der Waals surface area contributed by atoms with Crippen LogP contribution in [0.4, 0.5) is 11.4 Å². The van der Waals surface area contributed by atoms with Crippen LogP contribution in [0.2, 0.25) is 0 Å². The van der Waals surface area contributed by atoms with Gasteiger partial charge in [-0.15, -0.1) is 0 Å². The lowest BCUT2D eigenvalue weighted by molar-refractivity contribution is -0.111. The molecule has 0 aromatic heterocycles. The number of hydroxylamine groups is 1. The van der Waals surface area contributed by atoms with E-state index < -0.39 is 23.8 Å². The van der Waals surface area contributed by atoms with Gasteiger partial charge in [0.2, 0.25) is 6.41 Å². The molecule has 1 heterocycles. The number of esters is 2. The Morgan fingerprint density at radius 1 is 0.857 bits per heavy atom. The molecule has 0 atom stereocenters. The number of fused-ring (bicyclic) bond motifs is 2. The summed E-state index contributed by atoms with van der Waals surface area (Å²) in [5.74, 6) is -3.23. The van der Waals surface area contributed by atoms with E-state index in [2.05, 4.69) is 0 Å². The van der Waals surface area contributed by atoms with E-state index in [0.717, 1.165) is 4.90 Å². The van der Waals surface area contributed by atoms with Crippen LogP contribution in [0.15, 0.2) is 48.5 Å². The van der Waals surface area contributed by atoms with Crippen molar-refractivity contribution in [2.45, 2.75) is 13.8 Å². The molecule has 10 heteroatoms. The van der Waals surface area contributed by atoms with Gasteiger partial charge >= 0.3 is 11.9 Å². The van der Waals surface area contributed by atoms with Gasteiger partial charge in [-0.2, -0.15) is 5.06 Å². The molecule has 0 bridgehead atoms. The van der Waals surface area contributed by atoms with Crippen molar-refractivity contribution in [2.75, 3.05) is 23.2 Å². The highest BCUT2D eigenvalue weighted by Gasteiger charge is 2.44. The van der Waals surface area contributed by atoms with Crippen molar-refractivity contribution in [3.63, 3.8) is 0 Å². The minimum Gasteiger partial charge on any atom is -0.462 e. The lowest BCUT2D eigenvalue weighted by atomic mass is 10.1. The number of amides is 3. The Morgan fingerprint density at radius 2 is 1.37 bits per heavy atom. The molecule has 3 aliphatic rings. The Morgan fingerprint density at radius 3 is 1.89 bits per heavy atom. The first-order chi connectivity index (χ1) is 16.8. The predicted molar refractivity (Wildman–Crippen MR) is 123 cm³/mol. The minimum absolute atomic E-state index is 0.0123. The molecule has 0 saturated heterocycles. The van der Waals surface area contributed by atoms with Crippen LogP contribution in [0, 0.1) is 0 Å². The summed E-state index contributed by atoms with van der Waals surface area (Å²) in [7, 11) is 0. The number of nitrogens with zero attached hydrogens (tertiary/aromatic N) is 2. The largest absolute Gasteiger partial charge is 0.462 e. The second-order valence-electron chi connectivity index (χ2n) is 7.40. The summed E-state index contributed by atoms with van der Waals surface area (Å²) in [5.41, 5.74) is -0.316. The average molecular weight is 476 g/mol. The first-order valence-electron chi connectivity index (χ1n) is 10.7. The van der Waals surface area contributed by atoms with E-state index >= 15 is 0 Å². The van der Waals surface area contributed by atoms with Crippen molar-refractivity contribution >= 4 is 41.5 Å². The maximum absolute atomic E-state index is 13.3. The zero-order valence-electron chi connectivity index (χ0n) is 18.8. The van der Waals surface area contributed by atoms with Crippen LogP contribution < -0.4 is 9.96 Å². The van der Waals surface area contributed by atoms with Crippen LogP contribution in [-0.4, -0.2) is 48.6 Å². The molecule has 0 radical (unpaired) electrons. The number of rotatable bonds is 7. The predicted octanol–water partition coefficient (Wildman–Crippen LogP) is 3.30. The second-order valence-corrected chi connectivity index (χ2v) is 7.40. The van der Waals surface area contributed by atoms with Gasteiger partial charge in [0, 0.05) is 5.56 Å². The first kappa shape index (κ1) is 23.6. The van der Waals surface area contributed by atoms with Crippen molar-refractivity contribution < 1.29 is 38.7 Å². The molecule has 10 nitrogen and oxygen atoms in total. The fraction of sp³-hybridized carbons (Fsp3) is 0.160. The number of hydrogen-bond acceptors (Lipinski definition) is 8. The summed E-state index contributed by atoms with van der Waals surface area (Å²) in [6.07, 6.45) is 0.144. The molecular formula is C25H20N2O8. The topological polar surface area (TPSA) is 131 Å². The van der Waals surface area contributed by atoms with Crippen LogP contribution in [0.5, 0.6) is 0 Å². The lowest BCUT2D eigenvalue weighted by Crippen LogP contribution is -2.32. The summed E-state index contributed by atoms with van der Waals surface area (Å²) in [6, 6.07) is 11.7. The van der Waals surface area contributed by atoms with Gasteiger partial charge in [-0.25, -0.2) is 14.5 Å². The Bertz CT molecular complexity index is 1310. The third-order valence-electron chi connectivity index (χ3n) is 5.47. The van der Waals surface area contributed by atoms with Crippen LogP contribution >= 0.6 is 0 Å². The third-order valence-corrected chi connectivity index (χ3v) is 5.47. The minimum atomic E-state index is -0.910. The summed E-state index contributed by atoms with van der Waals surface area (Å²) < 4.78 is 10.4. The van der Waals surface area contributed by atoms with Gasteiger partial charge in [-0.1, -0.05) is 24.3 Å². The number of hydrogen-bond donors (Lipinski definition) is 1. The van der Waals surface area contributed by atoms with E-state index in [1.165, 1.54) is 36.4 Å². The van der Waals surface area contributed by atoms with E-state index in [-0.39, 0.29) is 69.4 Å². The molecule has 0 saturated carbocycles. The van der Waals surface area contributed by atoms with Gasteiger partial charge < -0.3 is 9.47 Å². The zero-order chi connectivity index (χ0) is 25.3. The standard InChI is InChI=1S/C25H20N2O8/c1-3-34-24(31)19-15-11-7-8-14(26(33)13-28)12-18(15)20(25(32)35-4-2)21(19)27-22(29)16-9-5-6-10-17(16)23(27)30/h5-13,33H,3-4H2,1-2H3. The lowest BCUT2D eigenvalue weighted by Gasteiger charge is -2.17. The molecular weight excluding hydrogens is 456 g/mol. The van der Waals surface area contributed by atoms with Crippen molar-refractivity contribution in [1.29, 1.82) is 0 Å². The fourth-order valence-electron chi connectivity index (χ4n) is 4.05. The highest BCUT2D eigenvalue weighted by molar-refractivity contribution is 6.37. The molecule has 1 aromatic rings. The summed E-state index contributed by atoms with van der Waals surface area (Å²) in [5, 5.41) is 10.2. The van der Waals surface area contributed by atoms with Gasteiger partial charge in [0.1, 0.15) is 0 Å². The third kappa shape index (κ3) is 3.79. The summed E-state index contributed by atoms with van der Waals surface area (Å²) in [4.78, 5) is 65.0. The van der Waals surface area contributed by atoms with Crippen molar-refractivity contribution in [3.05, 3.63) is 70.8 Å². The van der Waals surface area contributed by atoms with E-state index in [1.807, 2.05) is 0 Å². The van der Waals surface area contributed by atoms with Gasteiger partial charge in [0.05, 0.1) is 46.8 Å². The van der Waals surface area contributed by atoms with E-state index in [9.17, 15) is 29.2 Å². The van der Waals surface area contributed by atoms with Crippen molar-refractivity contribution in [3.8, 4) is 11.1 Å². The number of ether oxygens (including phenoxy) is 2. The monoisotopic (exact) mass is 476 g/mol. The molecule has 1 aromatic carbocycles. The van der Waals surface area contributed by atoms with Gasteiger partial charge in [-0.05, 0) is 43.7 Å². The number of benzene rings is 1. The van der Waals surface area contributed by atoms with Crippen molar-refractivity contribution in [1.82, 2.24) is 0 Å². The first-order valence-corrected chi connectivity index (χ1v) is 10.7. The molecule has 0 spiro atoms. The Labute approximate surface area is 199 Å². The molecule has 1 N–H and O–H groups in total. The normalized spacial score (nSPS) is 12.5. The number of carbonyl (C=O) groups is 5. The van der Waals surface area contributed by atoms with Crippen LogP contribution in [0.1, 0.15) is 55.3 Å². The number of carbonyl (C=O) groups excluding carboxylic acids is 5. The maximum atomic E-state index is 13.3. The molecule has 178 valence electrons. The Hall–Kier alpha value is -4.57. The Kier molecular flexibility index (Phi) is 6.30. The number of anilines is 2. The molecule has 1 aliphatic heterocycles. The quantitative estimate of drug-likeness (QED) is 0.181. The van der Waals surface area contributed by atoms with Crippen LogP contribution in [-0.2, 0) is 14.3 Å². The zero-order valence-corrected chi connectivity index (χ0v) is 18.8. The SMILES string of the molecule is CCOC(=O)c1c2cccc(N(O)C=O)cc-2c(C(=O)OCC)c1N1C(=O)c2ccccc2C1=O. The number of imide groups is 1. The van der Waals surface area contributed by atoms with Crippen LogP contribution in [0.3, 0.4) is 0 Å². The molecule has 0 fully saturated rings. The molecule has 0 unspecified atom stereocenters. The highest BCUT2D eigenvalue weighted by atomic mass is 16.5. The summed E-state index contributed by atoms with van der Waals surface area (Å²) in [6.45, 7) is 3.11. The fourth-order valence-corrected chi connectivity index (χ4v) is 4.05. The van der Waals surface area contributed by atoms with E-state index in [4.69, 9.17) is 9.47 Å². The van der Waals surface area contributed by atoms with Crippen LogP contribution in [0.25, 0.3) is 11.1 Å². The molecule has 4 rings (SSSR count). The smallest absolute Gasteiger partial charge is 0.340 e. The van der Waals surface area contributed by atoms with Gasteiger partial charge in [-0.3, -0.25) is 19.6 Å². The molecule has 3 amide bonds. The molecule has 2 aliphatic carbocycles. The second kappa shape index (κ2) is 9.35. The Balaban J connectivity index is 2.11. The maximum Gasteiger partial charge on any atom is 0.340 e.